The molecule has 6 nitrogen and oxygen atoms in total. The van der Waals surface area contributed by atoms with Crippen LogP contribution in [0.1, 0.15) is 11.6 Å². The summed E-state index contributed by atoms with van der Waals surface area (Å²) in [5.74, 6) is 2.26. The second-order valence-corrected chi connectivity index (χ2v) is 7.32. The summed E-state index contributed by atoms with van der Waals surface area (Å²) >= 11 is 7.71. The molecule has 0 aliphatic heterocycles. The van der Waals surface area contributed by atoms with Crippen molar-refractivity contribution in [3.8, 4) is 0 Å². The highest BCUT2D eigenvalue weighted by Gasteiger charge is 2.14. The minimum absolute atomic E-state index is 0.652. The Balaban J connectivity index is 1.58. The summed E-state index contributed by atoms with van der Waals surface area (Å²) in [5.41, 5.74) is 3.59. The third-order valence-electron chi connectivity index (χ3n) is 4.09. The number of nitrogens with zero attached hydrogens (tertiary/aromatic N) is 5. The second kappa shape index (κ2) is 5.96. The minimum Gasteiger partial charge on any atom is -0.341 e. The Morgan fingerprint density at radius 1 is 1.08 bits per heavy atom. The van der Waals surface area contributed by atoms with Crippen LogP contribution in [0.25, 0.3) is 27.6 Å². The highest BCUT2D eigenvalue weighted by molar-refractivity contribution is 7.98. The Morgan fingerprint density at radius 2 is 1.96 bits per heavy atom. The molecule has 0 aliphatic rings. The molecule has 26 heavy (non-hydrogen) atoms. The Labute approximate surface area is 157 Å². The molecular weight excluding hydrogens is 368 g/mol. The topological polar surface area (TPSA) is 71.8 Å². The average Bonchev–Trinajstić information content (AvgIpc) is 3.22. The van der Waals surface area contributed by atoms with E-state index >= 15 is 0 Å². The van der Waals surface area contributed by atoms with Crippen LogP contribution >= 0.6 is 23.4 Å². The van der Waals surface area contributed by atoms with Gasteiger partial charge in [0.1, 0.15) is 11.6 Å². The van der Waals surface area contributed by atoms with Crippen molar-refractivity contribution >= 4 is 50.9 Å². The van der Waals surface area contributed by atoms with Gasteiger partial charge < -0.3 is 4.98 Å². The summed E-state index contributed by atoms with van der Waals surface area (Å²) in [5, 5.41) is 6.84. The van der Waals surface area contributed by atoms with Crippen LogP contribution in [0.3, 0.4) is 0 Å². The minimum atomic E-state index is 0.652. The molecule has 0 spiro atoms. The van der Waals surface area contributed by atoms with Gasteiger partial charge >= 0.3 is 0 Å². The third kappa shape index (κ3) is 2.60. The van der Waals surface area contributed by atoms with E-state index in [4.69, 9.17) is 16.6 Å². The highest BCUT2D eigenvalue weighted by Crippen LogP contribution is 2.27. The van der Waals surface area contributed by atoms with Gasteiger partial charge in [-0.2, -0.15) is 4.52 Å². The Kier molecular flexibility index (Phi) is 3.58. The SMILES string of the molecule is Cc1nc2c3ccc(Cl)cc3nc(SCc3nc4ccccc4[nH]3)n2n1. The number of H-pyrrole nitrogens is 1. The summed E-state index contributed by atoms with van der Waals surface area (Å²) in [4.78, 5) is 17.3. The van der Waals surface area contributed by atoms with Gasteiger partial charge in [-0.05, 0) is 37.3 Å². The summed E-state index contributed by atoms with van der Waals surface area (Å²) in [6.45, 7) is 1.88. The van der Waals surface area contributed by atoms with Gasteiger partial charge in [0.05, 0.1) is 22.3 Å². The molecule has 0 atom stereocenters. The molecule has 0 unspecified atom stereocenters. The number of nitrogens with one attached hydrogen (secondary N) is 1. The number of hydrogen-bond donors (Lipinski definition) is 1. The molecule has 8 heteroatoms. The number of imidazole rings is 1. The lowest BCUT2D eigenvalue weighted by Gasteiger charge is -2.05. The predicted molar refractivity (Wildman–Crippen MR) is 104 cm³/mol. The maximum atomic E-state index is 6.14. The first kappa shape index (κ1) is 15.6. The number of rotatable bonds is 3. The molecular formula is C18H13ClN6S. The van der Waals surface area contributed by atoms with E-state index < -0.39 is 0 Å². The molecule has 0 bridgehead atoms. The molecule has 2 aromatic carbocycles. The fourth-order valence-corrected chi connectivity index (χ4v) is 3.94. The van der Waals surface area contributed by atoms with Crippen LogP contribution in [-0.4, -0.2) is 29.5 Å². The van der Waals surface area contributed by atoms with Crippen molar-refractivity contribution < 1.29 is 0 Å². The van der Waals surface area contributed by atoms with Gasteiger partial charge in [0, 0.05) is 10.4 Å². The van der Waals surface area contributed by atoms with Crippen molar-refractivity contribution in [2.45, 2.75) is 17.8 Å². The lowest BCUT2D eigenvalue weighted by atomic mass is 10.2. The zero-order chi connectivity index (χ0) is 17.7. The number of fused-ring (bicyclic) bond motifs is 4. The van der Waals surface area contributed by atoms with Crippen LogP contribution in [0, 0.1) is 6.92 Å². The monoisotopic (exact) mass is 380 g/mol. The van der Waals surface area contributed by atoms with Crippen LogP contribution in [0.15, 0.2) is 47.6 Å². The zero-order valence-electron chi connectivity index (χ0n) is 13.8. The summed E-state index contributed by atoms with van der Waals surface area (Å²) in [6.07, 6.45) is 0. The van der Waals surface area contributed by atoms with Crippen molar-refractivity contribution in [2.24, 2.45) is 0 Å². The van der Waals surface area contributed by atoms with Crippen molar-refractivity contribution in [1.82, 2.24) is 29.5 Å². The Morgan fingerprint density at radius 3 is 2.85 bits per heavy atom. The highest BCUT2D eigenvalue weighted by atomic mass is 35.5. The molecule has 0 radical (unpaired) electrons. The summed E-state index contributed by atoms with van der Waals surface area (Å²) in [7, 11) is 0. The molecule has 0 fully saturated rings. The van der Waals surface area contributed by atoms with Crippen molar-refractivity contribution in [1.29, 1.82) is 0 Å². The standard InChI is InChI=1S/C18H13ClN6S/c1-10-20-17-12-7-6-11(19)8-15(12)23-18(25(17)24-10)26-9-16-21-13-4-2-3-5-14(13)22-16/h2-8H,9H2,1H3,(H,21,22). The predicted octanol–water partition coefficient (Wildman–Crippen LogP) is 4.41. The molecule has 0 aliphatic carbocycles. The van der Waals surface area contributed by atoms with Crippen LogP contribution < -0.4 is 0 Å². The van der Waals surface area contributed by atoms with Crippen LogP contribution in [0.5, 0.6) is 0 Å². The third-order valence-corrected chi connectivity index (χ3v) is 5.26. The lowest BCUT2D eigenvalue weighted by molar-refractivity contribution is 0.796. The Hall–Kier alpha value is -2.64. The number of aromatic nitrogens is 6. The maximum Gasteiger partial charge on any atom is 0.191 e. The molecule has 0 amide bonds. The number of aryl methyl sites for hydroxylation is 1. The number of aromatic amines is 1. The van der Waals surface area contributed by atoms with Gasteiger partial charge in [0.2, 0.25) is 0 Å². The molecule has 128 valence electrons. The van der Waals surface area contributed by atoms with Gasteiger partial charge in [0.25, 0.3) is 0 Å². The zero-order valence-corrected chi connectivity index (χ0v) is 15.3. The van der Waals surface area contributed by atoms with E-state index in [1.54, 1.807) is 16.3 Å². The first-order valence-electron chi connectivity index (χ1n) is 8.06. The van der Waals surface area contributed by atoms with Crippen molar-refractivity contribution in [3.05, 3.63) is 59.1 Å². The first-order valence-corrected chi connectivity index (χ1v) is 9.43. The maximum absolute atomic E-state index is 6.14. The van der Waals surface area contributed by atoms with E-state index in [9.17, 15) is 0 Å². The number of benzene rings is 2. The second-order valence-electron chi connectivity index (χ2n) is 5.94. The fraction of sp³-hybridized carbons (Fsp3) is 0.111. The van der Waals surface area contributed by atoms with E-state index in [2.05, 4.69) is 20.1 Å². The van der Waals surface area contributed by atoms with Crippen LogP contribution in [0.4, 0.5) is 0 Å². The van der Waals surface area contributed by atoms with Gasteiger partial charge in [-0.15, -0.1) is 5.10 Å². The normalized spacial score (nSPS) is 11.8. The summed E-state index contributed by atoms with van der Waals surface area (Å²) in [6, 6.07) is 13.6. The molecule has 1 N–H and O–H groups in total. The molecule has 5 aromatic rings. The van der Waals surface area contributed by atoms with Gasteiger partial charge in [0.15, 0.2) is 10.8 Å². The quantitative estimate of drug-likeness (QED) is 0.371. The first-order chi connectivity index (χ1) is 12.7. The summed E-state index contributed by atoms with van der Waals surface area (Å²) < 4.78 is 1.79. The van der Waals surface area contributed by atoms with Gasteiger partial charge in [-0.25, -0.2) is 15.0 Å². The molecule has 3 heterocycles. The van der Waals surface area contributed by atoms with Gasteiger partial charge in [-0.1, -0.05) is 35.5 Å². The van der Waals surface area contributed by atoms with E-state index in [-0.39, 0.29) is 0 Å². The molecule has 5 rings (SSSR count). The number of para-hydroxylation sites is 2. The van der Waals surface area contributed by atoms with Gasteiger partial charge in [-0.3, -0.25) is 0 Å². The van der Waals surface area contributed by atoms with E-state index in [0.29, 0.717) is 16.6 Å². The number of hydrogen-bond acceptors (Lipinski definition) is 5. The lowest BCUT2D eigenvalue weighted by Crippen LogP contribution is -1.99. The largest absolute Gasteiger partial charge is 0.341 e. The molecule has 0 saturated carbocycles. The van der Waals surface area contributed by atoms with E-state index in [1.807, 2.05) is 49.4 Å². The van der Waals surface area contributed by atoms with Crippen LogP contribution in [-0.2, 0) is 5.75 Å². The van der Waals surface area contributed by atoms with Crippen LogP contribution in [0.2, 0.25) is 5.02 Å². The van der Waals surface area contributed by atoms with Crippen molar-refractivity contribution in [2.75, 3.05) is 0 Å². The Bertz CT molecular complexity index is 1240. The molecule has 3 aromatic heterocycles. The number of halogens is 1. The smallest absolute Gasteiger partial charge is 0.191 e. The molecule has 0 saturated heterocycles. The average molecular weight is 381 g/mol. The van der Waals surface area contributed by atoms with E-state index in [0.717, 1.165) is 38.6 Å². The van der Waals surface area contributed by atoms with Crippen molar-refractivity contribution in [3.63, 3.8) is 0 Å². The fourth-order valence-electron chi connectivity index (χ4n) is 2.96. The number of thioether (sulfide) groups is 1. The van der Waals surface area contributed by atoms with E-state index in [1.165, 1.54) is 0 Å².